The molecule has 9 atom stereocenters. The van der Waals surface area contributed by atoms with Gasteiger partial charge in [-0.1, -0.05) is 60.1 Å². The summed E-state index contributed by atoms with van der Waals surface area (Å²) in [6, 6.07) is 0. The van der Waals surface area contributed by atoms with Gasteiger partial charge in [0, 0.05) is 6.92 Å². The van der Waals surface area contributed by atoms with E-state index in [1.807, 2.05) is 0 Å². The fourth-order valence-corrected chi connectivity index (χ4v) is 11.0. The Balaban J connectivity index is 1.59. The Morgan fingerprint density at radius 2 is 1.57 bits per heavy atom. The number of hydrogen-bond acceptors (Lipinski definition) is 4. The summed E-state index contributed by atoms with van der Waals surface area (Å²) < 4.78 is 5.76. The van der Waals surface area contributed by atoms with Crippen LogP contribution in [-0.2, 0) is 14.3 Å². The molecule has 0 aromatic rings. The first kappa shape index (κ1) is 27.2. The van der Waals surface area contributed by atoms with Crippen LogP contribution < -0.4 is 0 Å². The number of carboxylic acid groups (broad SMARTS) is 1. The largest absolute Gasteiger partial charge is 0.481 e. The molecule has 5 aliphatic rings. The van der Waals surface area contributed by atoms with Crippen molar-refractivity contribution in [1.82, 2.24) is 0 Å². The Labute approximate surface area is 223 Å². The molecular weight excluding hydrogens is 464 g/mol. The number of ether oxygens (including phenoxy) is 1. The Morgan fingerprint density at radius 3 is 2.19 bits per heavy atom. The first-order valence-corrected chi connectivity index (χ1v) is 14.7. The van der Waals surface area contributed by atoms with Gasteiger partial charge in [-0.15, -0.1) is 0 Å². The van der Waals surface area contributed by atoms with Gasteiger partial charge in [-0.3, -0.25) is 9.59 Å². The second kappa shape index (κ2) is 8.08. The van der Waals surface area contributed by atoms with Crippen LogP contribution in [0.4, 0.5) is 0 Å². The maximum atomic E-state index is 12.8. The quantitative estimate of drug-likeness (QED) is 0.314. The fourth-order valence-electron chi connectivity index (χ4n) is 11.0. The zero-order valence-corrected chi connectivity index (χ0v) is 24.4. The number of fused-ring (bicyclic) bond motifs is 7. The summed E-state index contributed by atoms with van der Waals surface area (Å²) in [7, 11) is 0. The molecule has 0 aromatic heterocycles. The van der Waals surface area contributed by atoms with Gasteiger partial charge >= 0.3 is 11.9 Å². The monoisotopic (exact) mass is 514 g/mol. The van der Waals surface area contributed by atoms with Gasteiger partial charge in [0.25, 0.3) is 0 Å². The number of hydrogen-bond donors (Lipinski definition) is 2. The predicted octanol–water partition coefficient (Wildman–Crippen LogP) is 6.78. The molecule has 0 amide bonds. The second-order valence-corrected chi connectivity index (χ2v) is 15.8. The average molecular weight is 515 g/mol. The van der Waals surface area contributed by atoms with Gasteiger partial charge in [0.05, 0.1) is 11.5 Å². The summed E-state index contributed by atoms with van der Waals surface area (Å²) in [5, 5.41) is 21.9. The van der Waals surface area contributed by atoms with Crippen LogP contribution in [0.5, 0.6) is 0 Å². The zero-order valence-electron chi connectivity index (χ0n) is 24.4. The summed E-state index contributed by atoms with van der Waals surface area (Å²) in [6.07, 6.45) is 9.50. The summed E-state index contributed by atoms with van der Waals surface area (Å²) in [5.74, 6) is -0.0733. The lowest BCUT2D eigenvalue weighted by molar-refractivity contribution is -0.237. The highest BCUT2D eigenvalue weighted by Crippen LogP contribution is 2.75. The van der Waals surface area contributed by atoms with Crippen LogP contribution in [0, 0.1) is 50.2 Å². The van der Waals surface area contributed by atoms with Crippen molar-refractivity contribution < 1.29 is 24.5 Å². The van der Waals surface area contributed by atoms with E-state index < -0.39 is 23.6 Å². The number of aliphatic hydroxyl groups is 1. The van der Waals surface area contributed by atoms with E-state index in [4.69, 9.17) is 4.74 Å². The second-order valence-electron chi connectivity index (χ2n) is 15.8. The Bertz CT molecular complexity index is 1030. The van der Waals surface area contributed by atoms with Crippen LogP contribution in [0.1, 0.15) is 113 Å². The smallest absolute Gasteiger partial charge is 0.310 e. The number of allylic oxidation sites excluding steroid dienone is 2. The summed E-state index contributed by atoms with van der Waals surface area (Å²) in [6.45, 7) is 17.7. The molecule has 208 valence electrons. The lowest BCUT2D eigenvalue weighted by Crippen LogP contribution is -2.67. The summed E-state index contributed by atoms with van der Waals surface area (Å²) in [4.78, 5) is 24.8. The van der Waals surface area contributed by atoms with Gasteiger partial charge in [-0.2, -0.15) is 0 Å². The van der Waals surface area contributed by atoms with Crippen LogP contribution in [0.15, 0.2) is 11.6 Å². The Hall–Kier alpha value is -1.36. The van der Waals surface area contributed by atoms with Crippen molar-refractivity contribution in [1.29, 1.82) is 0 Å². The maximum Gasteiger partial charge on any atom is 0.310 e. The van der Waals surface area contributed by atoms with Crippen LogP contribution in [-0.4, -0.2) is 34.4 Å². The molecule has 0 bridgehead atoms. The molecule has 0 spiro atoms. The number of aliphatic hydroxyl groups excluding tert-OH is 1. The minimum atomic E-state index is -0.667. The molecule has 0 heterocycles. The molecular formula is C32H50O5. The van der Waals surface area contributed by atoms with Crippen molar-refractivity contribution in [2.24, 2.45) is 50.2 Å². The lowest BCUT2D eigenvalue weighted by atomic mass is 9.33. The molecule has 0 aromatic carbocycles. The molecule has 5 aliphatic carbocycles. The maximum absolute atomic E-state index is 12.8. The first-order chi connectivity index (χ1) is 16.9. The Morgan fingerprint density at radius 1 is 0.919 bits per heavy atom. The van der Waals surface area contributed by atoms with Crippen molar-refractivity contribution in [2.45, 2.75) is 125 Å². The SMILES string of the molecule is CC(=O)O[C@@H]1C[C@]2(C)[C@H]3CC=C4[C@@H]5CC(C)(C)CC[C@]5(C(=O)O)CC[C@@]4(C)[C@]3(C)CC[C@H]2C(C)(C)[C@H]1O. The molecule has 0 aliphatic heterocycles. The third-order valence-electron chi connectivity index (χ3n) is 13.3. The van der Waals surface area contributed by atoms with Crippen LogP contribution in [0.3, 0.4) is 0 Å². The van der Waals surface area contributed by atoms with Crippen molar-refractivity contribution in [3.8, 4) is 0 Å². The van der Waals surface area contributed by atoms with E-state index in [1.165, 1.54) is 12.5 Å². The zero-order chi connectivity index (χ0) is 27.4. The molecule has 4 saturated carbocycles. The minimum Gasteiger partial charge on any atom is -0.481 e. The van der Waals surface area contributed by atoms with E-state index >= 15 is 0 Å². The lowest BCUT2D eigenvalue weighted by Gasteiger charge is -2.71. The molecule has 0 radical (unpaired) electrons. The molecule has 37 heavy (non-hydrogen) atoms. The molecule has 4 fully saturated rings. The van der Waals surface area contributed by atoms with E-state index in [0.717, 1.165) is 51.4 Å². The van der Waals surface area contributed by atoms with Gasteiger partial charge in [0.15, 0.2) is 0 Å². The van der Waals surface area contributed by atoms with E-state index in [1.54, 1.807) is 0 Å². The normalized spacial score (nSPS) is 49.9. The first-order valence-electron chi connectivity index (χ1n) is 14.7. The van der Waals surface area contributed by atoms with E-state index in [2.05, 4.69) is 54.5 Å². The standard InChI is InChI=1S/C32H50O5/c1-19(33)37-22-18-29(6)23(28(4,5)25(22)34)11-12-31(8)24(29)10-9-20-21-17-27(2,3)13-15-32(21,26(35)36)16-14-30(20,31)7/h9,21-25,34H,10-18H2,1-8H3,(H,35,36)/t21-,22+,23-,24+,25-,29-,30+,31+,32-/m0/s1. The van der Waals surface area contributed by atoms with E-state index in [0.29, 0.717) is 18.3 Å². The highest BCUT2D eigenvalue weighted by Gasteiger charge is 2.70. The van der Waals surface area contributed by atoms with E-state index in [9.17, 15) is 19.8 Å². The number of rotatable bonds is 2. The third-order valence-corrected chi connectivity index (χ3v) is 13.3. The van der Waals surface area contributed by atoms with Crippen LogP contribution in [0.2, 0.25) is 0 Å². The van der Waals surface area contributed by atoms with Crippen LogP contribution in [0.25, 0.3) is 0 Å². The number of carbonyl (C=O) groups excluding carboxylic acids is 1. The molecule has 5 heteroatoms. The topological polar surface area (TPSA) is 83.8 Å². The van der Waals surface area contributed by atoms with Gasteiger partial charge in [-0.05, 0) is 103 Å². The van der Waals surface area contributed by atoms with Crippen molar-refractivity contribution in [3.05, 3.63) is 11.6 Å². The number of aliphatic carboxylic acids is 1. The molecule has 2 N–H and O–H groups in total. The highest BCUT2D eigenvalue weighted by atomic mass is 16.6. The third kappa shape index (κ3) is 3.50. The van der Waals surface area contributed by atoms with Crippen molar-refractivity contribution in [3.63, 3.8) is 0 Å². The summed E-state index contributed by atoms with van der Waals surface area (Å²) in [5.41, 5.74) is 0.534. The number of carboxylic acids is 1. The van der Waals surface area contributed by atoms with Gasteiger partial charge in [-0.25, -0.2) is 0 Å². The molecule has 5 rings (SSSR count). The summed E-state index contributed by atoms with van der Waals surface area (Å²) >= 11 is 0. The average Bonchev–Trinajstić information content (AvgIpc) is 2.77. The highest BCUT2D eigenvalue weighted by molar-refractivity contribution is 5.76. The Kier molecular flexibility index (Phi) is 5.95. The molecule has 0 unspecified atom stereocenters. The van der Waals surface area contributed by atoms with Gasteiger partial charge in [0.1, 0.15) is 6.10 Å². The fraction of sp³-hybridized carbons (Fsp3) is 0.875. The van der Waals surface area contributed by atoms with Crippen molar-refractivity contribution in [2.75, 3.05) is 0 Å². The predicted molar refractivity (Wildman–Crippen MR) is 144 cm³/mol. The van der Waals surface area contributed by atoms with Gasteiger partial charge < -0.3 is 14.9 Å². The number of esters is 1. The van der Waals surface area contributed by atoms with Crippen LogP contribution >= 0.6 is 0 Å². The minimum absolute atomic E-state index is 0.0354. The number of carbonyl (C=O) groups is 2. The molecule has 0 saturated heterocycles. The van der Waals surface area contributed by atoms with Gasteiger partial charge in [0.2, 0.25) is 0 Å². The molecule has 5 nitrogen and oxygen atoms in total. The van der Waals surface area contributed by atoms with E-state index in [-0.39, 0.29) is 39.0 Å². The van der Waals surface area contributed by atoms with Crippen molar-refractivity contribution >= 4 is 11.9 Å².